The van der Waals surface area contributed by atoms with Crippen LogP contribution in [0.2, 0.25) is 10.0 Å². The van der Waals surface area contributed by atoms with Crippen molar-refractivity contribution < 1.29 is 17.7 Å². The zero-order valence-corrected chi connectivity index (χ0v) is 13.2. The minimum Gasteiger partial charge on any atom is -0.607 e. The van der Waals surface area contributed by atoms with E-state index in [-0.39, 0.29) is 20.5 Å². The topological polar surface area (TPSA) is 23.1 Å². The molecule has 0 aliphatic carbocycles. The molecule has 2 rings (SSSR count). The molecule has 0 saturated carbocycles. The molecule has 0 aliphatic rings. The van der Waals surface area contributed by atoms with Crippen molar-refractivity contribution in [1.29, 1.82) is 0 Å². The van der Waals surface area contributed by atoms with Crippen LogP contribution < -0.4 is 0 Å². The van der Waals surface area contributed by atoms with E-state index in [2.05, 4.69) is 0 Å². The Kier molecular flexibility index (Phi) is 5.45. The van der Waals surface area contributed by atoms with Gasteiger partial charge in [-0.15, -0.1) is 0 Å². The lowest BCUT2D eigenvalue weighted by Gasteiger charge is -2.14. The molecule has 0 N–H and O–H groups in total. The normalized spacial score (nSPS) is 14.0. The van der Waals surface area contributed by atoms with Gasteiger partial charge >= 0.3 is 6.18 Å². The Bertz CT molecular complexity index is 667. The first-order valence-electron chi connectivity index (χ1n) is 5.98. The molecule has 0 aliphatic heterocycles. The number of allylic oxidation sites excluding steroid dienone is 1. The van der Waals surface area contributed by atoms with Crippen molar-refractivity contribution in [3.63, 3.8) is 0 Å². The zero-order valence-electron chi connectivity index (χ0n) is 10.9. The molecule has 116 valence electrons. The second-order valence-electron chi connectivity index (χ2n) is 4.30. The molecule has 0 heterocycles. The molecular formula is C15H9Cl2F3OS. The Morgan fingerprint density at radius 2 is 1.55 bits per heavy atom. The van der Waals surface area contributed by atoms with Gasteiger partial charge in [0.1, 0.15) is 11.0 Å². The van der Waals surface area contributed by atoms with Gasteiger partial charge in [0.25, 0.3) is 0 Å². The van der Waals surface area contributed by atoms with Crippen molar-refractivity contribution in [1.82, 2.24) is 0 Å². The van der Waals surface area contributed by atoms with E-state index < -0.39 is 22.9 Å². The van der Waals surface area contributed by atoms with Crippen LogP contribution in [0.4, 0.5) is 13.2 Å². The molecular weight excluding hydrogens is 356 g/mol. The van der Waals surface area contributed by atoms with Crippen LogP contribution in [-0.4, -0.2) is 10.7 Å². The van der Waals surface area contributed by atoms with E-state index in [1.165, 1.54) is 18.2 Å². The van der Waals surface area contributed by atoms with Gasteiger partial charge in [0.15, 0.2) is 4.90 Å². The van der Waals surface area contributed by atoms with Gasteiger partial charge in [-0.2, -0.15) is 13.2 Å². The van der Waals surface area contributed by atoms with Crippen LogP contribution >= 0.6 is 23.2 Å². The lowest BCUT2D eigenvalue weighted by Crippen LogP contribution is -2.13. The summed E-state index contributed by atoms with van der Waals surface area (Å²) in [5, 5.41) is 0.809. The maximum Gasteiger partial charge on any atom is 0.421 e. The summed E-state index contributed by atoms with van der Waals surface area (Å²) >= 11 is 9.54. The quantitative estimate of drug-likeness (QED) is 0.640. The summed E-state index contributed by atoms with van der Waals surface area (Å²) < 4.78 is 51.9. The number of halogens is 5. The molecule has 22 heavy (non-hydrogen) atoms. The van der Waals surface area contributed by atoms with Crippen LogP contribution in [0.25, 0.3) is 5.57 Å². The predicted molar refractivity (Wildman–Crippen MR) is 83.3 cm³/mol. The fraction of sp³-hybridized carbons (Fsp3) is 0.0667. The number of rotatable bonds is 3. The summed E-state index contributed by atoms with van der Waals surface area (Å²) in [5.74, 6) is 0. The van der Waals surface area contributed by atoms with Gasteiger partial charge in [0.2, 0.25) is 0 Å². The highest BCUT2D eigenvalue weighted by atomic mass is 35.5. The smallest absolute Gasteiger partial charge is 0.421 e. The second kappa shape index (κ2) is 6.96. The molecule has 0 fully saturated rings. The molecule has 1 unspecified atom stereocenters. The van der Waals surface area contributed by atoms with Crippen LogP contribution in [0.5, 0.6) is 0 Å². The first-order valence-corrected chi connectivity index (χ1v) is 7.95. The fourth-order valence-electron chi connectivity index (χ4n) is 1.74. The minimum atomic E-state index is -4.68. The van der Waals surface area contributed by atoms with Crippen molar-refractivity contribution >= 4 is 40.0 Å². The molecule has 0 spiro atoms. The van der Waals surface area contributed by atoms with E-state index in [4.69, 9.17) is 23.2 Å². The lowest BCUT2D eigenvalue weighted by atomic mass is 10.1. The molecule has 0 saturated heterocycles. The summed E-state index contributed by atoms with van der Waals surface area (Å²) in [6, 6.07) is 11.5. The molecule has 0 aromatic heterocycles. The molecule has 2 aromatic carbocycles. The van der Waals surface area contributed by atoms with Crippen molar-refractivity contribution in [2.24, 2.45) is 0 Å². The summed E-state index contributed by atoms with van der Waals surface area (Å²) in [6.07, 6.45) is -4.68. The summed E-state index contributed by atoms with van der Waals surface area (Å²) in [6.45, 7) is 0. The number of hydrogen-bond donors (Lipinski definition) is 0. The van der Waals surface area contributed by atoms with Crippen molar-refractivity contribution in [3.05, 3.63) is 69.5 Å². The Morgan fingerprint density at radius 1 is 1.00 bits per heavy atom. The van der Waals surface area contributed by atoms with E-state index in [0.29, 0.717) is 5.41 Å². The Morgan fingerprint density at radius 3 is 2.05 bits per heavy atom. The van der Waals surface area contributed by atoms with Crippen molar-refractivity contribution in [2.45, 2.75) is 11.1 Å². The SMILES string of the molecule is [O-][S+](C=C(c1cc(Cl)cc(Cl)c1)C(F)(F)F)c1ccccc1. The number of benzene rings is 2. The first kappa shape index (κ1) is 17.2. The van der Waals surface area contributed by atoms with E-state index in [9.17, 15) is 17.7 Å². The van der Waals surface area contributed by atoms with E-state index >= 15 is 0 Å². The van der Waals surface area contributed by atoms with Gasteiger partial charge in [-0.25, -0.2) is 0 Å². The third kappa shape index (κ3) is 4.43. The first-order chi connectivity index (χ1) is 10.3. The molecule has 1 nitrogen and oxygen atoms in total. The third-order valence-electron chi connectivity index (χ3n) is 2.68. The van der Waals surface area contributed by atoms with Gasteiger partial charge in [-0.1, -0.05) is 41.4 Å². The fourth-order valence-corrected chi connectivity index (χ4v) is 3.31. The summed E-state index contributed by atoms with van der Waals surface area (Å²) in [7, 11) is 0. The van der Waals surface area contributed by atoms with Crippen LogP contribution in [-0.2, 0) is 11.2 Å². The van der Waals surface area contributed by atoms with Gasteiger partial charge in [-0.05, 0) is 35.9 Å². The highest BCUT2D eigenvalue weighted by Crippen LogP contribution is 2.37. The van der Waals surface area contributed by atoms with Crippen molar-refractivity contribution in [2.75, 3.05) is 0 Å². The van der Waals surface area contributed by atoms with Gasteiger partial charge in [0.05, 0.1) is 0 Å². The van der Waals surface area contributed by atoms with Crippen LogP contribution in [0.3, 0.4) is 0 Å². The summed E-state index contributed by atoms with van der Waals surface area (Å²) in [4.78, 5) is 0.275. The van der Waals surface area contributed by atoms with E-state index in [1.807, 2.05) is 0 Å². The molecule has 0 radical (unpaired) electrons. The molecule has 0 amide bonds. The lowest BCUT2D eigenvalue weighted by molar-refractivity contribution is -0.0688. The van der Waals surface area contributed by atoms with Gasteiger partial charge < -0.3 is 4.55 Å². The van der Waals surface area contributed by atoms with Crippen molar-refractivity contribution in [3.8, 4) is 0 Å². The highest BCUT2D eigenvalue weighted by molar-refractivity contribution is 7.94. The Hall–Kier alpha value is -1.14. The van der Waals surface area contributed by atoms with E-state index in [1.54, 1.807) is 18.2 Å². The minimum absolute atomic E-state index is 0.0724. The maximum atomic E-state index is 13.3. The molecule has 7 heteroatoms. The Balaban J connectivity index is 2.49. The molecule has 2 aromatic rings. The zero-order chi connectivity index (χ0) is 16.3. The van der Waals surface area contributed by atoms with Crippen LogP contribution in [0.15, 0.2) is 58.8 Å². The van der Waals surface area contributed by atoms with Crippen LogP contribution in [0, 0.1) is 0 Å². The standard InChI is InChI=1S/C15H9Cl2F3OS/c16-11-6-10(7-12(17)8-11)14(15(18,19)20)9-22(21)13-4-2-1-3-5-13/h1-9H. The predicted octanol–water partition coefficient (Wildman–Crippen LogP) is 5.70. The monoisotopic (exact) mass is 364 g/mol. The largest absolute Gasteiger partial charge is 0.607 e. The van der Waals surface area contributed by atoms with Gasteiger partial charge in [-0.3, -0.25) is 0 Å². The van der Waals surface area contributed by atoms with E-state index in [0.717, 1.165) is 12.1 Å². The van der Waals surface area contributed by atoms with Crippen LogP contribution in [0.1, 0.15) is 5.56 Å². The average Bonchev–Trinajstić information content (AvgIpc) is 2.43. The summed E-state index contributed by atoms with van der Waals surface area (Å²) in [5.41, 5.74) is -1.27. The number of alkyl halides is 3. The number of hydrogen-bond acceptors (Lipinski definition) is 1. The highest BCUT2D eigenvalue weighted by Gasteiger charge is 2.37. The average molecular weight is 365 g/mol. The second-order valence-corrected chi connectivity index (χ2v) is 6.47. The molecule has 1 atom stereocenters. The Labute approximate surface area is 138 Å². The van der Waals surface area contributed by atoms with Gasteiger partial charge in [0, 0.05) is 21.2 Å². The maximum absolute atomic E-state index is 13.3. The molecule has 0 bridgehead atoms. The third-order valence-corrected chi connectivity index (χ3v) is 4.30.